The van der Waals surface area contributed by atoms with E-state index in [2.05, 4.69) is 20.2 Å². The lowest BCUT2D eigenvalue weighted by atomic mass is 10.2. The standard InChI is InChI=1S/C22H22F3N5/c23-22(24,25)17-7-9-19(10-8-17)29-13-18(26)14-30(15-20-5-1-3-11-27-20)16-21-6-2-4-12-28-21/h1-13,29H,14-16,26H2/b18-13-. The highest BCUT2D eigenvalue weighted by Gasteiger charge is 2.29. The van der Waals surface area contributed by atoms with Gasteiger partial charge in [0.15, 0.2) is 0 Å². The first kappa shape index (κ1) is 21.3. The van der Waals surface area contributed by atoms with E-state index in [1.807, 2.05) is 36.4 Å². The van der Waals surface area contributed by atoms with Crippen molar-refractivity contribution < 1.29 is 13.2 Å². The minimum absolute atomic E-state index is 0.431. The molecule has 0 fully saturated rings. The monoisotopic (exact) mass is 413 g/mol. The van der Waals surface area contributed by atoms with E-state index in [1.165, 1.54) is 12.1 Å². The number of nitrogens with two attached hydrogens (primary N) is 1. The molecule has 2 aromatic heterocycles. The number of benzene rings is 1. The molecule has 0 spiro atoms. The summed E-state index contributed by atoms with van der Waals surface area (Å²) in [6.07, 6.45) is 0.705. The van der Waals surface area contributed by atoms with Crippen molar-refractivity contribution >= 4 is 5.69 Å². The van der Waals surface area contributed by atoms with Crippen molar-refractivity contribution in [2.75, 3.05) is 11.9 Å². The van der Waals surface area contributed by atoms with Crippen molar-refractivity contribution in [2.24, 2.45) is 5.73 Å². The number of nitrogens with one attached hydrogen (secondary N) is 1. The van der Waals surface area contributed by atoms with Crippen molar-refractivity contribution in [3.63, 3.8) is 0 Å². The largest absolute Gasteiger partial charge is 0.416 e. The number of rotatable bonds is 8. The summed E-state index contributed by atoms with van der Waals surface area (Å²) in [5.74, 6) is 0. The molecule has 0 saturated heterocycles. The Morgan fingerprint density at radius 3 is 1.93 bits per heavy atom. The number of aromatic nitrogens is 2. The van der Waals surface area contributed by atoms with Crippen LogP contribution in [0.5, 0.6) is 0 Å². The van der Waals surface area contributed by atoms with Crippen LogP contribution >= 0.6 is 0 Å². The Hall–Kier alpha value is -3.39. The van der Waals surface area contributed by atoms with Crippen LogP contribution in [0.15, 0.2) is 85.0 Å². The summed E-state index contributed by atoms with van der Waals surface area (Å²) >= 11 is 0. The molecule has 3 N–H and O–H groups in total. The van der Waals surface area contributed by atoms with Gasteiger partial charge in [-0.05, 0) is 48.5 Å². The average molecular weight is 413 g/mol. The van der Waals surface area contributed by atoms with Crippen molar-refractivity contribution in [3.05, 3.63) is 102 Å². The van der Waals surface area contributed by atoms with Gasteiger partial charge in [0, 0.05) is 49.6 Å². The third-order valence-electron chi connectivity index (χ3n) is 4.27. The summed E-state index contributed by atoms with van der Waals surface area (Å²) < 4.78 is 38.0. The van der Waals surface area contributed by atoms with Gasteiger partial charge in [-0.2, -0.15) is 13.2 Å². The third-order valence-corrected chi connectivity index (χ3v) is 4.27. The molecule has 0 aliphatic carbocycles. The normalized spacial score (nSPS) is 12.2. The average Bonchev–Trinajstić information content (AvgIpc) is 2.73. The van der Waals surface area contributed by atoms with Gasteiger partial charge in [0.05, 0.1) is 17.0 Å². The zero-order valence-electron chi connectivity index (χ0n) is 16.2. The first-order valence-corrected chi connectivity index (χ1v) is 9.30. The van der Waals surface area contributed by atoms with E-state index in [-0.39, 0.29) is 0 Å². The molecule has 0 amide bonds. The number of pyridine rings is 2. The Morgan fingerprint density at radius 2 is 1.47 bits per heavy atom. The zero-order chi connectivity index (χ0) is 21.4. The second-order valence-corrected chi connectivity index (χ2v) is 6.73. The molecule has 0 aliphatic rings. The Balaban J connectivity index is 1.66. The molecule has 5 nitrogen and oxygen atoms in total. The molecule has 0 atom stereocenters. The van der Waals surface area contributed by atoms with Gasteiger partial charge in [0.25, 0.3) is 0 Å². The minimum Gasteiger partial charge on any atom is -0.400 e. The highest BCUT2D eigenvalue weighted by atomic mass is 19.4. The molecular formula is C22H22F3N5. The van der Waals surface area contributed by atoms with Crippen molar-refractivity contribution in [1.29, 1.82) is 0 Å². The molecule has 1 aromatic carbocycles. The Bertz CT molecular complexity index is 901. The molecule has 0 radical (unpaired) electrons. The van der Waals surface area contributed by atoms with Gasteiger partial charge in [-0.1, -0.05) is 12.1 Å². The lowest BCUT2D eigenvalue weighted by molar-refractivity contribution is -0.137. The maximum atomic E-state index is 12.7. The maximum Gasteiger partial charge on any atom is 0.416 e. The van der Waals surface area contributed by atoms with Crippen LogP contribution < -0.4 is 11.1 Å². The molecule has 2 heterocycles. The van der Waals surface area contributed by atoms with E-state index >= 15 is 0 Å². The second kappa shape index (κ2) is 9.89. The topological polar surface area (TPSA) is 67.1 Å². The quantitative estimate of drug-likeness (QED) is 0.573. The first-order valence-electron chi connectivity index (χ1n) is 9.30. The third kappa shape index (κ3) is 6.59. The van der Waals surface area contributed by atoms with Gasteiger partial charge in [-0.3, -0.25) is 14.9 Å². The van der Waals surface area contributed by atoms with Gasteiger partial charge in [-0.25, -0.2) is 0 Å². The number of alkyl halides is 3. The summed E-state index contributed by atoms with van der Waals surface area (Å²) in [5.41, 5.74) is 8.32. The van der Waals surface area contributed by atoms with Crippen LogP contribution in [0.1, 0.15) is 17.0 Å². The minimum atomic E-state index is -4.36. The number of anilines is 1. The molecule has 0 unspecified atom stereocenters. The highest BCUT2D eigenvalue weighted by Crippen LogP contribution is 2.29. The predicted octanol–water partition coefficient (Wildman–Crippen LogP) is 4.41. The van der Waals surface area contributed by atoms with Crippen LogP contribution in [0, 0.1) is 0 Å². The molecular weight excluding hydrogens is 391 g/mol. The molecule has 0 saturated carbocycles. The fourth-order valence-electron chi connectivity index (χ4n) is 2.84. The number of halogens is 3. The fourth-order valence-corrected chi connectivity index (χ4v) is 2.84. The van der Waals surface area contributed by atoms with Gasteiger partial charge in [0.1, 0.15) is 0 Å². The SMILES string of the molecule is N/C(=C\Nc1ccc(C(F)(F)F)cc1)CN(Cc1ccccn1)Cc1ccccn1. The van der Waals surface area contributed by atoms with Gasteiger partial charge >= 0.3 is 6.18 Å². The van der Waals surface area contributed by atoms with E-state index in [4.69, 9.17) is 5.73 Å². The van der Waals surface area contributed by atoms with E-state index < -0.39 is 11.7 Å². The van der Waals surface area contributed by atoms with E-state index in [0.29, 0.717) is 31.0 Å². The predicted molar refractivity (Wildman–Crippen MR) is 110 cm³/mol. The summed E-state index contributed by atoms with van der Waals surface area (Å²) in [6.45, 7) is 1.58. The van der Waals surface area contributed by atoms with Crippen LogP contribution in [0.25, 0.3) is 0 Å². The molecule has 0 aliphatic heterocycles. The lowest BCUT2D eigenvalue weighted by Gasteiger charge is -2.22. The zero-order valence-corrected chi connectivity index (χ0v) is 16.2. The maximum absolute atomic E-state index is 12.7. The molecule has 0 bridgehead atoms. The molecule has 3 rings (SSSR count). The van der Waals surface area contributed by atoms with Gasteiger partial charge < -0.3 is 11.1 Å². The summed E-state index contributed by atoms with van der Waals surface area (Å²) in [4.78, 5) is 10.8. The number of hydrogen-bond acceptors (Lipinski definition) is 5. The number of hydrogen-bond donors (Lipinski definition) is 2. The highest BCUT2D eigenvalue weighted by molar-refractivity contribution is 5.47. The molecule has 30 heavy (non-hydrogen) atoms. The van der Waals surface area contributed by atoms with Crippen LogP contribution in [0.3, 0.4) is 0 Å². The number of nitrogens with zero attached hydrogens (tertiary/aromatic N) is 3. The summed E-state index contributed by atoms with van der Waals surface area (Å²) in [6, 6.07) is 16.2. The van der Waals surface area contributed by atoms with Crippen molar-refractivity contribution in [3.8, 4) is 0 Å². The smallest absolute Gasteiger partial charge is 0.400 e. The second-order valence-electron chi connectivity index (χ2n) is 6.73. The van der Waals surface area contributed by atoms with Crippen LogP contribution in [-0.4, -0.2) is 21.4 Å². The molecule has 8 heteroatoms. The molecule has 3 aromatic rings. The van der Waals surface area contributed by atoms with E-state index in [9.17, 15) is 13.2 Å². The van der Waals surface area contributed by atoms with Crippen LogP contribution in [-0.2, 0) is 19.3 Å². The van der Waals surface area contributed by atoms with Crippen molar-refractivity contribution in [2.45, 2.75) is 19.3 Å². The van der Waals surface area contributed by atoms with E-state index in [1.54, 1.807) is 18.6 Å². The fraction of sp³-hybridized carbons (Fsp3) is 0.182. The Morgan fingerprint density at radius 1 is 0.900 bits per heavy atom. The van der Waals surface area contributed by atoms with Gasteiger partial charge in [0.2, 0.25) is 0 Å². The van der Waals surface area contributed by atoms with Crippen LogP contribution in [0.2, 0.25) is 0 Å². The Kier molecular flexibility index (Phi) is 7.03. The van der Waals surface area contributed by atoms with Gasteiger partial charge in [-0.15, -0.1) is 0 Å². The van der Waals surface area contributed by atoms with Crippen molar-refractivity contribution in [1.82, 2.24) is 14.9 Å². The molecule has 156 valence electrons. The summed E-state index contributed by atoms with van der Waals surface area (Å²) in [5, 5.41) is 2.94. The van der Waals surface area contributed by atoms with E-state index in [0.717, 1.165) is 23.5 Å². The first-order chi connectivity index (χ1) is 14.4. The Labute approximate surface area is 173 Å². The van der Waals surface area contributed by atoms with Crippen LogP contribution in [0.4, 0.5) is 18.9 Å². The summed E-state index contributed by atoms with van der Waals surface area (Å²) in [7, 11) is 0. The lowest BCUT2D eigenvalue weighted by Crippen LogP contribution is -2.28.